The average molecular weight is 405 g/mol. The molecule has 0 unspecified atom stereocenters. The molecule has 0 saturated heterocycles. The number of aromatic nitrogens is 3. The molecule has 0 bridgehead atoms. The van der Waals surface area contributed by atoms with Crippen LogP contribution in [0.25, 0.3) is 11.3 Å². The van der Waals surface area contributed by atoms with Gasteiger partial charge in [0.25, 0.3) is 0 Å². The highest BCUT2D eigenvalue weighted by atomic mass is 32.2. The van der Waals surface area contributed by atoms with Crippen molar-refractivity contribution in [3.8, 4) is 17.3 Å². The molecule has 7 nitrogen and oxygen atoms in total. The van der Waals surface area contributed by atoms with Crippen molar-refractivity contribution >= 4 is 9.84 Å². The number of sulfone groups is 1. The van der Waals surface area contributed by atoms with Crippen LogP contribution in [0.2, 0.25) is 0 Å². The maximum atomic E-state index is 11.6. The van der Waals surface area contributed by atoms with E-state index in [0.717, 1.165) is 41.0 Å². The van der Waals surface area contributed by atoms with Gasteiger partial charge in [0.05, 0.1) is 28.7 Å². The number of hydrogen-bond acceptors (Lipinski definition) is 7. The number of nitrogens with zero attached hydrogens (tertiary/aromatic N) is 5. The molecule has 146 valence electrons. The SMILES string of the molecule is CS(=O)(=O)c1ncc2c(n1)CCN(Cc1cccc(-c3ccc(C#N)cc3)n1)C2. The van der Waals surface area contributed by atoms with Gasteiger partial charge in [-0.25, -0.2) is 18.4 Å². The van der Waals surface area contributed by atoms with Crippen LogP contribution in [0, 0.1) is 11.3 Å². The van der Waals surface area contributed by atoms with Gasteiger partial charge < -0.3 is 0 Å². The zero-order chi connectivity index (χ0) is 20.4. The second-order valence-corrected chi connectivity index (χ2v) is 8.97. The average Bonchev–Trinajstić information content (AvgIpc) is 2.73. The molecule has 2 aromatic heterocycles. The normalized spacial score (nSPS) is 14.2. The lowest BCUT2D eigenvalue weighted by Crippen LogP contribution is -2.31. The van der Waals surface area contributed by atoms with E-state index < -0.39 is 9.84 Å². The quantitative estimate of drug-likeness (QED) is 0.614. The Morgan fingerprint density at radius 1 is 1.14 bits per heavy atom. The Morgan fingerprint density at radius 3 is 2.66 bits per heavy atom. The maximum Gasteiger partial charge on any atom is 0.246 e. The third-order valence-corrected chi connectivity index (χ3v) is 5.68. The molecule has 1 aliphatic heterocycles. The Labute approximate surface area is 169 Å². The van der Waals surface area contributed by atoms with Gasteiger partial charge in [-0.15, -0.1) is 0 Å². The van der Waals surface area contributed by atoms with Crippen LogP contribution in [0.4, 0.5) is 0 Å². The number of fused-ring (bicyclic) bond motifs is 1. The molecule has 0 radical (unpaired) electrons. The summed E-state index contributed by atoms with van der Waals surface area (Å²) in [7, 11) is -3.40. The Kier molecular flexibility index (Phi) is 5.09. The molecule has 4 rings (SSSR count). The largest absolute Gasteiger partial charge is 0.293 e. The van der Waals surface area contributed by atoms with Crippen LogP contribution in [-0.4, -0.2) is 41.1 Å². The second-order valence-electron chi connectivity index (χ2n) is 7.06. The zero-order valence-electron chi connectivity index (χ0n) is 15.9. The summed E-state index contributed by atoms with van der Waals surface area (Å²) in [5, 5.41) is 8.83. The van der Waals surface area contributed by atoms with Crippen molar-refractivity contribution in [3.63, 3.8) is 0 Å². The van der Waals surface area contributed by atoms with E-state index in [0.29, 0.717) is 25.1 Å². The highest BCUT2D eigenvalue weighted by molar-refractivity contribution is 7.90. The fraction of sp³-hybridized carbons (Fsp3) is 0.238. The molecule has 0 aliphatic carbocycles. The fourth-order valence-electron chi connectivity index (χ4n) is 3.34. The van der Waals surface area contributed by atoms with Crippen molar-refractivity contribution in [2.24, 2.45) is 0 Å². The number of nitriles is 1. The van der Waals surface area contributed by atoms with E-state index in [1.807, 2.05) is 30.3 Å². The van der Waals surface area contributed by atoms with Crippen molar-refractivity contribution in [1.29, 1.82) is 5.26 Å². The van der Waals surface area contributed by atoms with Crippen LogP contribution < -0.4 is 0 Å². The van der Waals surface area contributed by atoms with E-state index in [-0.39, 0.29) is 5.16 Å². The molecule has 3 heterocycles. The summed E-state index contributed by atoms with van der Waals surface area (Å²) in [6, 6.07) is 15.4. The Morgan fingerprint density at radius 2 is 1.93 bits per heavy atom. The van der Waals surface area contributed by atoms with E-state index in [1.54, 1.807) is 18.3 Å². The van der Waals surface area contributed by atoms with Crippen molar-refractivity contribution < 1.29 is 8.42 Å². The van der Waals surface area contributed by atoms with Crippen LogP contribution in [-0.2, 0) is 29.3 Å². The summed E-state index contributed by atoms with van der Waals surface area (Å²) in [5.74, 6) is 0. The molecule has 0 amide bonds. The molecule has 3 aromatic rings. The van der Waals surface area contributed by atoms with Crippen molar-refractivity contribution in [2.75, 3.05) is 12.8 Å². The number of benzene rings is 1. The van der Waals surface area contributed by atoms with Gasteiger partial charge in [0, 0.05) is 49.6 Å². The smallest absolute Gasteiger partial charge is 0.246 e. The summed E-state index contributed by atoms with van der Waals surface area (Å²) in [6.07, 6.45) is 3.41. The first-order chi connectivity index (χ1) is 13.9. The van der Waals surface area contributed by atoms with Gasteiger partial charge in [-0.05, 0) is 24.3 Å². The third-order valence-electron chi connectivity index (χ3n) is 4.82. The van der Waals surface area contributed by atoms with Gasteiger partial charge in [0.2, 0.25) is 15.0 Å². The first-order valence-electron chi connectivity index (χ1n) is 9.16. The molecule has 29 heavy (non-hydrogen) atoms. The molecule has 0 atom stereocenters. The summed E-state index contributed by atoms with van der Waals surface area (Å²) in [4.78, 5) is 15.2. The second kappa shape index (κ2) is 7.70. The van der Waals surface area contributed by atoms with Crippen molar-refractivity contribution in [3.05, 3.63) is 71.2 Å². The van der Waals surface area contributed by atoms with Crippen LogP contribution in [0.5, 0.6) is 0 Å². The van der Waals surface area contributed by atoms with Crippen LogP contribution in [0.15, 0.2) is 53.8 Å². The minimum absolute atomic E-state index is 0.110. The fourth-order valence-corrected chi connectivity index (χ4v) is 3.86. The van der Waals surface area contributed by atoms with E-state index in [9.17, 15) is 8.42 Å². The highest BCUT2D eigenvalue weighted by Gasteiger charge is 2.21. The van der Waals surface area contributed by atoms with E-state index in [2.05, 4.69) is 20.9 Å². The Hall–Kier alpha value is -3.15. The van der Waals surface area contributed by atoms with Gasteiger partial charge in [-0.2, -0.15) is 5.26 Å². The third kappa shape index (κ3) is 4.31. The Bertz CT molecular complexity index is 1200. The molecule has 0 saturated carbocycles. The molecule has 1 aliphatic rings. The lowest BCUT2D eigenvalue weighted by molar-refractivity contribution is 0.239. The highest BCUT2D eigenvalue weighted by Crippen LogP contribution is 2.21. The van der Waals surface area contributed by atoms with Gasteiger partial charge in [-0.1, -0.05) is 18.2 Å². The van der Waals surface area contributed by atoms with Gasteiger partial charge in [0.15, 0.2) is 0 Å². The standard InChI is InChI=1S/C21H19N5O2S/c1-29(27,28)21-23-12-17-13-26(10-9-20(17)25-21)14-18-3-2-4-19(24-18)16-7-5-15(11-22)6-8-16/h2-8,12H,9-10,13-14H2,1H3. The summed E-state index contributed by atoms with van der Waals surface area (Å²) in [6.45, 7) is 2.11. The lowest BCUT2D eigenvalue weighted by atomic mass is 10.1. The first-order valence-corrected chi connectivity index (χ1v) is 11.1. The minimum atomic E-state index is -3.40. The molecule has 8 heteroatoms. The van der Waals surface area contributed by atoms with E-state index in [4.69, 9.17) is 10.2 Å². The lowest BCUT2D eigenvalue weighted by Gasteiger charge is -2.27. The van der Waals surface area contributed by atoms with E-state index in [1.165, 1.54) is 0 Å². The Balaban J connectivity index is 1.50. The van der Waals surface area contributed by atoms with Gasteiger partial charge >= 0.3 is 0 Å². The van der Waals surface area contributed by atoms with E-state index >= 15 is 0 Å². The summed E-state index contributed by atoms with van der Waals surface area (Å²) < 4.78 is 23.3. The molecule has 0 spiro atoms. The maximum absolute atomic E-state index is 11.6. The molecule has 0 fully saturated rings. The minimum Gasteiger partial charge on any atom is -0.293 e. The zero-order valence-corrected chi connectivity index (χ0v) is 16.7. The molecule has 1 aromatic carbocycles. The predicted octanol–water partition coefficient (Wildman–Crippen LogP) is 2.37. The number of pyridine rings is 1. The van der Waals surface area contributed by atoms with Crippen LogP contribution in [0.1, 0.15) is 22.5 Å². The topological polar surface area (TPSA) is 99.8 Å². The molecular formula is C21H19N5O2S. The number of hydrogen-bond donors (Lipinski definition) is 0. The monoisotopic (exact) mass is 405 g/mol. The molecule has 0 N–H and O–H groups in total. The van der Waals surface area contributed by atoms with Gasteiger partial charge in [0.1, 0.15) is 0 Å². The van der Waals surface area contributed by atoms with Crippen LogP contribution in [0.3, 0.4) is 0 Å². The van der Waals surface area contributed by atoms with Crippen LogP contribution >= 0.6 is 0 Å². The van der Waals surface area contributed by atoms with Gasteiger partial charge in [-0.3, -0.25) is 9.88 Å². The molecular weight excluding hydrogens is 386 g/mol. The predicted molar refractivity (Wildman–Crippen MR) is 107 cm³/mol. The van der Waals surface area contributed by atoms with Crippen molar-refractivity contribution in [1.82, 2.24) is 19.9 Å². The van der Waals surface area contributed by atoms with Crippen molar-refractivity contribution in [2.45, 2.75) is 24.7 Å². The number of rotatable bonds is 4. The summed E-state index contributed by atoms with van der Waals surface area (Å²) >= 11 is 0. The first kappa shape index (κ1) is 19.2. The summed E-state index contributed by atoms with van der Waals surface area (Å²) in [5.41, 5.74) is 5.16.